The summed E-state index contributed by atoms with van der Waals surface area (Å²) in [5.41, 5.74) is 0.945. The number of rotatable bonds is 5. The first kappa shape index (κ1) is 12.8. The summed E-state index contributed by atoms with van der Waals surface area (Å²) in [7, 11) is 2.03. The van der Waals surface area contributed by atoms with Crippen LogP contribution in [0, 0.1) is 6.92 Å². The van der Waals surface area contributed by atoms with Crippen molar-refractivity contribution < 1.29 is 14.3 Å². The zero-order valence-electron chi connectivity index (χ0n) is 10.3. The van der Waals surface area contributed by atoms with Crippen molar-refractivity contribution in [2.45, 2.75) is 39.8 Å². The van der Waals surface area contributed by atoms with Crippen molar-refractivity contribution >= 4 is 5.97 Å². The molecule has 90 valence electrons. The van der Waals surface area contributed by atoms with Crippen molar-refractivity contribution in [2.24, 2.45) is 0 Å². The number of hydrogen-bond acceptors (Lipinski definition) is 3. The summed E-state index contributed by atoms with van der Waals surface area (Å²) < 4.78 is 5.16. The maximum Gasteiger partial charge on any atom is 0.371 e. The third-order valence-electron chi connectivity index (χ3n) is 2.99. The number of carbonyl (C=O) groups is 1. The maximum absolute atomic E-state index is 10.7. The lowest BCUT2D eigenvalue weighted by Gasteiger charge is -2.22. The monoisotopic (exact) mass is 225 g/mol. The molecule has 0 radical (unpaired) electrons. The standard InChI is InChI=1S/C12H19NO3/c1-5-8(2)13(4)7-10-6-11(12(14)15)16-9(10)3/h6,8H,5,7H2,1-4H3,(H,14,15). The van der Waals surface area contributed by atoms with Crippen LogP contribution in [-0.4, -0.2) is 29.1 Å². The van der Waals surface area contributed by atoms with E-state index in [0.29, 0.717) is 11.8 Å². The molecular weight excluding hydrogens is 206 g/mol. The second-order valence-corrected chi connectivity index (χ2v) is 4.17. The summed E-state index contributed by atoms with van der Waals surface area (Å²) in [5, 5.41) is 8.80. The fraction of sp³-hybridized carbons (Fsp3) is 0.583. The minimum Gasteiger partial charge on any atom is -0.475 e. The largest absolute Gasteiger partial charge is 0.475 e. The van der Waals surface area contributed by atoms with Crippen molar-refractivity contribution in [1.29, 1.82) is 0 Å². The Morgan fingerprint density at radius 2 is 2.25 bits per heavy atom. The lowest BCUT2D eigenvalue weighted by atomic mass is 10.2. The first-order valence-corrected chi connectivity index (χ1v) is 5.48. The number of aryl methyl sites for hydroxylation is 1. The number of hydrogen-bond donors (Lipinski definition) is 1. The fourth-order valence-corrected chi connectivity index (χ4v) is 1.52. The third kappa shape index (κ3) is 2.85. The van der Waals surface area contributed by atoms with Crippen LogP contribution in [0.5, 0.6) is 0 Å². The quantitative estimate of drug-likeness (QED) is 0.836. The van der Waals surface area contributed by atoms with Gasteiger partial charge in [-0.25, -0.2) is 4.79 Å². The Morgan fingerprint density at radius 3 is 2.69 bits per heavy atom. The Balaban J connectivity index is 2.77. The summed E-state index contributed by atoms with van der Waals surface area (Å²) in [6, 6.07) is 2.08. The first-order valence-electron chi connectivity index (χ1n) is 5.48. The highest BCUT2D eigenvalue weighted by Crippen LogP contribution is 2.17. The molecule has 16 heavy (non-hydrogen) atoms. The van der Waals surface area contributed by atoms with Crippen LogP contribution in [0.4, 0.5) is 0 Å². The molecule has 0 aliphatic heterocycles. The van der Waals surface area contributed by atoms with Crippen molar-refractivity contribution in [3.05, 3.63) is 23.2 Å². The van der Waals surface area contributed by atoms with Gasteiger partial charge < -0.3 is 9.52 Å². The molecule has 1 heterocycles. The number of nitrogens with zero attached hydrogens (tertiary/aromatic N) is 1. The summed E-state index contributed by atoms with van der Waals surface area (Å²) >= 11 is 0. The maximum atomic E-state index is 10.7. The van der Waals surface area contributed by atoms with Gasteiger partial charge in [-0.05, 0) is 33.4 Å². The molecule has 0 spiro atoms. The van der Waals surface area contributed by atoms with Gasteiger partial charge in [-0.1, -0.05) is 6.92 Å². The van der Waals surface area contributed by atoms with Crippen molar-refractivity contribution in [2.75, 3.05) is 7.05 Å². The molecule has 0 amide bonds. The highest BCUT2D eigenvalue weighted by Gasteiger charge is 2.15. The lowest BCUT2D eigenvalue weighted by Crippen LogP contribution is -2.27. The number of carboxylic acid groups (broad SMARTS) is 1. The fourth-order valence-electron chi connectivity index (χ4n) is 1.52. The van der Waals surface area contributed by atoms with E-state index in [4.69, 9.17) is 9.52 Å². The predicted octanol–water partition coefficient (Wildman–Crippen LogP) is 2.52. The highest BCUT2D eigenvalue weighted by molar-refractivity contribution is 5.84. The van der Waals surface area contributed by atoms with Gasteiger partial charge in [-0.2, -0.15) is 0 Å². The van der Waals surface area contributed by atoms with Crippen molar-refractivity contribution in [3.63, 3.8) is 0 Å². The van der Waals surface area contributed by atoms with Gasteiger partial charge >= 0.3 is 5.97 Å². The number of carboxylic acids is 1. The average molecular weight is 225 g/mol. The van der Waals surface area contributed by atoms with Crippen LogP contribution in [0.25, 0.3) is 0 Å². The molecular formula is C12H19NO3. The topological polar surface area (TPSA) is 53.7 Å². The highest BCUT2D eigenvalue weighted by atomic mass is 16.4. The normalized spacial score (nSPS) is 13.1. The summed E-state index contributed by atoms with van der Waals surface area (Å²) in [6.45, 7) is 6.80. The Morgan fingerprint density at radius 1 is 1.62 bits per heavy atom. The van der Waals surface area contributed by atoms with E-state index in [0.717, 1.165) is 18.5 Å². The Hall–Kier alpha value is -1.29. The molecule has 4 nitrogen and oxygen atoms in total. The number of furan rings is 1. The SMILES string of the molecule is CCC(C)N(C)Cc1cc(C(=O)O)oc1C. The van der Waals surface area contributed by atoms with E-state index in [2.05, 4.69) is 18.7 Å². The zero-order valence-corrected chi connectivity index (χ0v) is 10.3. The van der Waals surface area contributed by atoms with Gasteiger partial charge in [-0.3, -0.25) is 4.90 Å². The van der Waals surface area contributed by atoms with Crippen LogP contribution in [0.1, 0.15) is 42.1 Å². The Kier molecular flexibility index (Phi) is 4.12. The van der Waals surface area contributed by atoms with Gasteiger partial charge in [0.05, 0.1) is 0 Å². The molecule has 0 bridgehead atoms. The van der Waals surface area contributed by atoms with E-state index in [9.17, 15) is 4.79 Å². The number of aromatic carboxylic acids is 1. The molecule has 0 aromatic carbocycles. The first-order chi connectivity index (χ1) is 7.45. The summed E-state index contributed by atoms with van der Waals surface area (Å²) in [4.78, 5) is 12.9. The zero-order chi connectivity index (χ0) is 12.3. The van der Waals surface area contributed by atoms with Crippen LogP contribution in [0.15, 0.2) is 10.5 Å². The molecule has 1 unspecified atom stereocenters. The molecule has 1 aromatic heterocycles. The smallest absolute Gasteiger partial charge is 0.371 e. The molecule has 0 aliphatic rings. The Bertz CT molecular complexity index is 370. The van der Waals surface area contributed by atoms with Crippen LogP contribution in [-0.2, 0) is 6.54 Å². The van der Waals surface area contributed by atoms with Gasteiger partial charge in [0.15, 0.2) is 0 Å². The van der Waals surface area contributed by atoms with Crippen molar-refractivity contribution in [1.82, 2.24) is 4.90 Å². The van der Waals surface area contributed by atoms with Crippen LogP contribution >= 0.6 is 0 Å². The van der Waals surface area contributed by atoms with E-state index >= 15 is 0 Å². The molecule has 0 fully saturated rings. The molecule has 0 saturated heterocycles. The summed E-state index contributed by atoms with van der Waals surface area (Å²) in [6.07, 6.45) is 1.07. The third-order valence-corrected chi connectivity index (χ3v) is 2.99. The van der Waals surface area contributed by atoms with Crippen LogP contribution in [0.3, 0.4) is 0 Å². The second-order valence-electron chi connectivity index (χ2n) is 4.17. The van der Waals surface area contributed by atoms with Crippen LogP contribution in [0.2, 0.25) is 0 Å². The van der Waals surface area contributed by atoms with Gasteiger partial charge in [0.1, 0.15) is 5.76 Å². The molecule has 1 N–H and O–H groups in total. The van der Waals surface area contributed by atoms with Gasteiger partial charge in [0.25, 0.3) is 0 Å². The van der Waals surface area contributed by atoms with Gasteiger partial charge in [0, 0.05) is 18.2 Å². The minimum absolute atomic E-state index is 0.0186. The predicted molar refractivity (Wildman–Crippen MR) is 61.6 cm³/mol. The Labute approximate surface area is 95.9 Å². The molecule has 1 rings (SSSR count). The molecule has 0 aliphatic carbocycles. The van der Waals surface area contributed by atoms with E-state index < -0.39 is 5.97 Å². The van der Waals surface area contributed by atoms with E-state index in [1.165, 1.54) is 0 Å². The molecule has 0 saturated carbocycles. The molecule has 1 aromatic rings. The van der Waals surface area contributed by atoms with E-state index in [-0.39, 0.29) is 5.76 Å². The van der Waals surface area contributed by atoms with E-state index in [1.54, 1.807) is 13.0 Å². The lowest BCUT2D eigenvalue weighted by molar-refractivity contribution is 0.0661. The van der Waals surface area contributed by atoms with Gasteiger partial charge in [-0.15, -0.1) is 0 Å². The van der Waals surface area contributed by atoms with E-state index in [1.807, 2.05) is 7.05 Å². The average Bonchev–Trinajstić information content (AvgIpc) is 2.59. The molecule has 1 atom stereocenters. The van der Waals surface area contributed by atoms with Crippen molar-refractivity contribution in [3.8, 4) is 0 Å². The van der Waals surface area contributed by atoms with Gasteiger partial charge in [0.2, 0.25) is 5.76 Å². The summed E-state index contributed by atoms with van der Waals surface area (Å²) in [5.74, 6) is -0.307. The van der Waals surface area contributed by atoms with Crippen LogP contribution < -0.4 is 0 Å². The minimum atomic E-state index is -1.01. The second kappa shape index (κ2) is 5.16. The molecule has 4 heteroatoms.